The zero-order chi connectivity index (χ0) is 11.0. The fraction of sp³-hybridized carbons (Fsp3) is 0.111. The summed E-state index contributed by atoms with van der Waals surface area (Å²) in [7, 11) is 0. The monoisotopic (exact) mass is 269 g/mol. The molecule has 1 unspecified atom stereocenters. The van der Waals surface area contributed by atoms with E-state index in [9.17, 15) is 4.79 Å². The highest BCUT2D eigenvalue weighted by Crippen LogP contribution is 2.26. The molecule has 2 rings (SSSR count). The molecule has 3 N–H and O–H groups in total. The molecular formula is C9H8BrN3O2. The maximum atomic E-state index is 10.7. The maximum absolute atomic E-state index is 10.7. The number of rotatable bonds is 2. The highest BCUT2D eigenvalue weighted by molar-refractivity contribution is 9.10. The molecule has 15 heavy (non-hydrogen) atoms. The molecule has 6 heteroatoms. The van der Waals surface area contributed by atoms with E-state index < -0.39 is 12.0 Å². The van der Waals surface area contributed by atoms with Crippen molar-refractivity contribution in [2.75, 3.05) is 0 Å². The third-order valence-corrected chi connectivity index (χ3v) is 2.88. The third-order valence-electron chi connectivity index (χ3n) is 2.07. The van der Waals surface area contributed by atoms with Crippen molar-refractivity contribution in [3.63, 3.8) is 0 Å². The molecule has 2 heterocycles. The van der Waals surface area contributed by atoms with Gasteiger partial charge >= 0.3 is 5.97 Å². The molecule has 0 aromatic carbocycles. The molecule has 0 amide bonds. The van der Waals surface area contributed by atoms with Gasteiger partial charge in [0, 0.05) is 6.20 Å². The van der Waals surface area contributed by atoms with Gasteiger partial charge in [0.2, 0.25) is 0 Å². The first-order chi connectivity index (χ1) is 7.11. The Hall–Kier alpha value is -1.40. The van der Waals surface area contributed by atoms with Crippen molar-refractivity contribution < 1.29 is 9.90 Å². The molecule has 0 radical (unpaired) electrons. The van der Waals surface area contributed by atoms with Gasteiger partial charge in [-0.1, -0.05) is 6.07 Å². The summed E-state index contributed by atoms with van der Waals surface area (Å²) in [6.07, 6.45) is 1.73. The minimum atomic E-state index is -1.11. The zero-order valence-corrected chi connectivity index (χ0v) is 9.18. The van der Waals surface area contributed by atoms with Crippen molar-refractivity contribution in [2.24, 2.45) is 5.73 Å². The fourth-order valence-corrected chi connectivity index (χ4v) is 1.94. The first-order valence-corrected chi connectivity index (χ1v) is 5.01. The number of carboxylic acid groups (broad SMARTS) is 1. The van der Waals surface area contributed by atoms with Gasteiger partial charge in [0.1, 0.15) is 11.7 Å². The predicted octanol–water partition coefficient (Wildman–Crippen LogP) is 1.18. The molecule has 0 saturated carbocycles. The standard InChI is InChI=1S/C9H8BrN3O2/c10-6-5-3-1-2-4-13(5)12-8(6)7(11)9(14)15/h1-4,7H,11H2,(H,14,15). The largest absolute Gasteiger partial charge is 0.480 e. The summed E-state index contributed by atoms with van der Waals surface area (Å²) >= 11 is 3.29. The van der Waals surface area contributed by atoms with Crippen LogP contribution in [0.4, 0.5) is 0 Å². The minimum absolute atomic E-state index is 0.328. The van der Waals surface area contributed by atoms with Crippen LogP contribution in [-0.4, -0.2) is 20.7 Å². The van der Waals surface area contributed by atoms with Crippen LogP contribution in [0.5, 0.6) is 0 Å². The van der Waals surface area contributed by atoms with Gasteiger partial charge in [-0.05, 0) is 28.1 Å². The molecular weight excluding hydrogens is 262 g/mol. The van der Waals surface area contributed by atoms with Crippen molar-refractivity contribution >= 4 is 27.4 Å². The van der Waals surface area contributed by atoms with Crippen LogP contribution >= 0.6 is 15.9 Å². The summed E-state index contributed by atoms with van der Waals surface area (Å²) in [5, 5.41) is 12.9. The van der Waals surface area contributed by atoms with E-state index in [0.29, 0.717) is 10.2 Å². The normalized spacial score (nSPS) is 12.9. The number of carboxylic acids is 1. The highest BCUT2D eigenvalue weighted by Gasteiger charge is 2.22. The lowest BCUT2D eigenvalue weighted by Crippen LogP contribution is -2.21. The van der Waals surface area contributed by atoms with E-state index in [1.54, 1.807) is 10.7 Å². The van der Waals surface area contributed by atoms with Gasteiger partial charge < -0.3 is 10.8 Å². The van der Waals surface area contributed by atoms with E-state index in [4.69, 9.17) is 10.8 Å². The lowest BCUT2D eigenvalue weighted by atomic mass is 10.2. The van der Waals surface area contributed by atoms with Crippen LogP contribution in [0.1, 0.15) is 11.7 Å². The predicted molar refractivity (Wildman–Crippen MR) is 57.5 cm³/mol. The summed E-state index contributed by atoms with van der Waals surface area (Å²) in [5.74, 6) is -1.10. The van der Waals surface area contributed by atoms with Crippen LogP contribution in [0, 0.1) is 0 Å². The number of hydrogen-bond acceptors (Lipinski definition) is 3. The molecule has 5 nitrogen and oxygen atoms in total. The van der Waals surface area contributed by atoms with Crippen LogP contribution in [0.15, 0.2) is 28.9 Å². The first-order valence-electron chi connectivity index (χ1n) is 4.22. The lowest BCUT2D eigenvalue weighted by Gasteiger charge is -2.01. The molecule has 1 atom stereocenters. The number of aliphatic carboxylic acids is 1. The van der Waals surface area contributed by atoms with Crippen LogP contribution in [0.3, 0.4) is 0 Å². The molecule has 78 valence electrons. The van der Waals surface area contributed by atoms with Gasteiger partial charge in [0.05, 0.1) is 9.99 Å². The highest BCUT2D eigenvalue weighted by atomic mass is 79.9. The average Bonchev–Trinajstić information content (AvgIpc) is 2.56. The Balaban J connectivity index is 2.63. The molecule has 0 saturated heterocycles. The van der Waals surface area contributed by atoms with Crippen LogP contribution < -0.4 is 5.73 Å². The Labute approximate surface area is 93.6 Å². The average molecular weight is 270 g/mol. The van der Waals surface area contributed by atoms with Crippen molar-refractivity contribution in [2.45, 2.75) is 6.04 Å². The van der Waals surface area contributed by atoms with Crippen molar-refractivity contribution in [1.82, 2.24) is 9.61 Å². The summed E-state index contributed by atoms with van der Waals surface area (Å²) < 4.78 is 2.21. The number of carbonyl (C=O) groups is 1. The second-order valence-electron chi connectivity index (χ2n) is 3.05. The number of aromatic nitrogens is 2. The van der Waals surface area contributed by atoms with E-state index in [1.165, 1.54) is 0 Å². The Bertz CT molecular complexity index is 523. The number of hydrogen-bond donors (Lipinski definition) is 2. The van der Waals surface area contributed by atoms with Crippen molar-refractivity contribution in [3.8, 4) is 0 Å². The zero-order valence-electron chi connectivity index (χ0n) is 7.59. The SMILES string of the molecule is NC(C(=O)O)c1nn2ccccc2c1Br. The number of nitrogens with two attached hydrogens (primary N) is 1. The second kappa shape index (κ2) is 3.63. The second-order valence-corrected chi connectivity index (χ2v) is 3.84. The van der Waals surface area contributed by atoms with Crippen LogP contribution in [0.25, 0.3) is 5.52 Å². The van der Waals surface area contributed by atoms with E-state index in [2.05, 4.69) is 21.0 Å². The lowest BCUT2D eigenvalue weighted by molar-refractivity contribution is -0.138. The Morgan fingerprint density at radius 1 is 1.60 bits per heavy atom. The van der Waals surface area contributed by atoms with Gasteiger partial charge in [0.25, 0.3) is 0 Å². The quantitative estimate of drug-likeness (QED) is 0.858. The summed E-state index contributed by atoms with van der Waals surface area (Å²) in [4.78, 5) is 10.7. The van der Waals surface area contributed by atoms with Crippen molar-refractivity contribution in [1.29, 1.82) is 0 Å². The van der Waals surface area contributed by atoms with Gasteiger partial charge in [-0.15, -0.1) is 0 Å². The molecule has 2 aromatic heterocycles. The van der Waals surface area contributed by atoms with Gasteiger partial charge in [-0.2, -0.15) is 5.10 Å². The van der Waals surface area contributed by atoms with Crippen molar-refractivity contribution in [3.05, 3.63) is 34.6 Å². The number of fused-ring (bicyclic) bond motifs is 1. The number of nitrogens with zero attached hydrogens (tertiary/aromatic N) is 2. The minimum Gasteiger partial charge on any atom is -0.480 e. The van der Waals surface area contributed by atoms with E-state index in [-0.39, 0.29) is 0 Å². The third kappa shape index (κ3) is 1.62. The molecule has 0 bridgehead atoms. The summed E-state index contributed by atoms with van der Waals surface area (Å²) in [6, 6.07) is 4.37. The summed E-state index contributed by atoms with van der Waals surface area (Å²) in [6.45, 7) is 0. The topological polar surface area (TPSA) is 80.6 Å². The van der Waals surface area contributed by atoms with Crippen LogP contribution in [0.2, 0.25) is 0 Å². The smallest absolute Gasteiger partial charge is 0.326 e. The van der Waals surface area contributed by atoms with E-state index in [1.807, 2.05) is 18.2 Å². The maximum Gasteiger partial charge on any atom is 0.326 e. The molecule has 0 spiro atoms. The van der Waals surface area contributed by atoms with E-state index >= 15 is 0 Å². The molecule has 0 aliphatic rings. The number of halogens is 1. The van der Waals surface area contributed by atoms with E-state index in [0.717, 1.165) is 5.52 Å². The Kier molecular flexibility index (Phi) is 2.45. The summed E-state index contributed by atoms with van der Waals surface area (Å²) in [5.41, 5.74) is 6.62. The van der Waals surface area contributed by atoms with Gasteiger partial charge in [-0.25, -0.2) is 4.52 Å². The Morgan fingerprint density at radius 2 is 2.33 bits per heavy atom. The molecule has 0 aliphatic heterocycles. The number of pyridine rings is 1. The molecule has 2 aromatic rings. The molecule has 0 fully saturated rings. The fourth-order valence-electron chi connectivity index (χ4n) is 1.30. The van der Waals surface area contributed by atoms with Crippen LogP contribution in [-0.2, 0) is 4.79 Å². The molecule has 0 aliphatic carbocycles. The van der Waals surface area contributed by atoms with Gasteiger partial charge in [-0.3, -0.25) is 4.79 Å². The Morgan fingerprint density at radius 3 is 2.93 bits per heavy atom. The first kappa shape index (κ1) is 10.1. The van der Waals surface area contributed by atoms with Gasteiger partial charge in [0.15, 0.2) is 0 Å².